The number of hydrogen-bond donors (Lipinski definition) is 1. The van der Waals surface area contributed by atoms with E-state index in [0.29, 0.717) is 6.04 Å². The monoisotopic (exact) mass is 305 g/mol. The fraction of sp³-hybridized carbons (Fsp3) is 0.636. The van der Waals surface area contributed by atoms with Crippen LogP contribution in [0.4, 0.5) is 0 Å². The van der Waals surface area contributed by atoms with Crippen LogP contribution in [0.25, 0.3) is 0 Å². The molecule has 0 spiro atoms. The molecule has 2 unspecified atom stereocenters. The Kier molecular flexibility index (Phi) is 4.55. The second-order valence-electron chi connectivity index (χ2n) is 3.85. The Bertz CT molecular complexity index is 307. The second-order valence-corrected chi connectivity index (χ2v) is 6.79. The van der Waals surface area contributed by atoms with E-state index in [0.717, 1.165) is 5.25 Å². The van der Waals surface area contributed by atoms with Gasteiger partial charge in [0.25, 0.3) is 0 Å². The van der Waals surface area contributed by atoms with Gasteiger partial charge >= 0.3 is 0 Å². The van der Waals surface area contributed by atoms with Crippen LogP contribution in [0.2, 0.25) is 0 Å². The molecular formula is C11H16BrNS2. The van der Waals surface area contributed by atoms with E-state index in [4.69, 9.17) is 0 Å². The van der Waals surface area contributed by atoms with Crippen molar-refractivity contribution in [3.05, 3.63) is 20.8 Å². The van der Waals surface area contributed by atoms with Gasteiger partial charge in [0.05, 0.1) is 0 Å². The van der Waals surface area contributed by atoms with E-state index in [1.165, 1.54) is 35.1 Å². The summed E-state index contributed by atoms with van der Waals surface area (Å²) in [5.41, 5.74) is 1.43. The van der Waals surface area contributed by atoms with Crippen molar-refractivity contribution < 1.29 is 0 Å². The quantitative estimate of drug-likeness (QED) is 0.904. The first-order chi connectivity index (χ1) is 7.33. The van der Waals surface area contributed by atoms with Crippen molar-refractivity contribution in [1.29, 1.82) is 0 Å². The lowest BCUT2D eigenvalue weighted by Gasteiger charge is -2.29. The van der Waals surface area contributed by atoms with Crippen molar-refractivity contribution in [2.45, 2.75) is 30.6 Å². The molecule has 0 amide bonds. The van der Waals surface area contributed by atoms with Gasteiger partial charge in [-0.2, -0.15) is 23.1 Å². The van der Waals surface area contributed by atoms with Crippen molar-refractivity contribution in [1.82, 2.24) is 5.32 Å². The molecule has 1 aromatic heterocycles. The van der Waals surface area contributed by atoms with Crippen LogP contribution in [0.15, 0.2) is 15.2 Å². The van der Waals surface area contributed by atoms with E-state index in [1.54, 1.807) is 11.3 Å². The number of halogens is 1. The molecule has 4 heteroatoms. The fourth-order valence-electron chi connectivity index (χ4n) is 2.08. The zero-order chi connectivity index (χ0) is 10.7. The minimum absolute atomic E-state index is 0.510. The van der Waals surface area contributed by atoms with Gasteiger partial charge in [0.1, 0.15) is 0 Å². The van der Waals surface area contributed by atoms with E-state index < -0.39 is 0 Å². The molecule has 2 heterocycles. The molecule has 1 saturated heterocycles. The summed E-state index contributed by atoms with van der Waals surface area (Å²) in [5, 5.41) is 8.65. The summed E-state index contributed by atoms with van der Waals surface area (Å²) >= 11 is 7.54. The first-order valence-electron chi connectivity index (χ1n) is 5.33. The van der Waals surface area contributed by atoms with E-state index in [9.17, 15) is 0 Å². The van der Waals surface area contributed by atoms with Crippen molar-refractivity contribution in [3.8, 4) is 0 Å². The third-order valence-corrected chi connectivity index (χ3v) is 6.09. The van der Waals surface area contributed by atoms with Gasteiger partial charge in [0.15, 0.2) is 0 Å². The van der Waals surface area contributed by atoms with Crippen molar-refractivity contribution in [2.24, 2.45) is 0 Å². The standard InChI is InChI=1S/C11H16BrNS2/c1-13-11(8-6-14-7-9(8)12)10-4-2-3-5-15-10/h6-7,10-11,13H,2-5H2,1H3. The number of thioether (sulfide) groups is 1. The van der Waals surface area contributed by atoms with E-state index >= 15 is 0 Å². The molecule has 0 aromatic carbocycles. The van der Waals surface area contributed by atoms with Crippen LogP contribution >= 0.6 is 39.0 Å². The summed E-state index contributed by atoms with van der Waals surface area (Å²) in [6, 6.07) is 0.510. The summed E-state index contributed by atoms with van der Waals surface area (Å²) < 4.78 is 1.26. The molecule has 1 fully saturated rings. The van der Waals surface area contributed by atoms with E-state index in [-0.39, 0.29) is 0 Å². The van der Waals surface area contributed by atoms with Crippen LogP contribution < -0.4 is 5.32 Å². The lowest BCUT2D eigenvalue weighted by molar-refractivity contribution is 0.516. The van der Waals surface area contributed by atoms with Crippen LogP contribution in [0.1, 0.15) is 30.9 Å². The SMILES string of the molecule is CNC(c1cscc1Br)C1CCCCS1. The third-order valence-electron chi connectivity index (χ3n) is 2.88. The summed E-state index contributed by atoms with van der Waals surface area (Å²) in [4.78, 5) is 0. The summed E-state index contributed by atoms with van der Waals surface area (Å²) in [5.74, 6) is 1.32. The van der Waals surface area contributed by atoms with Crippen LogP contribution in [0.5, 0.6) is 0 Å². The zero-order valence-corrected chi connectivity index (χ0v) is 12.1. The lowest BCUT2D eigenvalue weighted by atomic mass is 10.0. The van der Waals surface area contributed by atoms with E-state index in [1.807, 2.05) is 0 Å². The molecule has 15 heavy (non-hydrogen) atoms. The average molecular weight is 306 g/mol. The first kappa shape index (κ1) is 12.0. The van der Waals surface area contributed by atoms with Gasteiger partial charge in [0, 0.05) is 21.1 Å². The molecular weight excluding hydrogens is 290 g/mol. The molecule has 1 aromatic rings. The predicted molar refractivity (Wildman–Crippen MR) is 73.9 cm³/mol. The smallest absolute Gasteiger partial charge is 0.0457 e. The van der Waals surface area contributed by atoms with Crippen LogP contribution in [-0.4, -0.2) is 18.1 Å². The molecule has 0 radical (unpaired) electrons. The predicted octanol–water partition coefficient (Wildman–Crippen LogP) is 4.06. The van der Waals surface area contributed by atoms with Crippen molar-refractivity contribution in [2.75, 3.05) is 12.8 Å². The molecule has 2 rings (SSSR count). The van der Waals surface area contributed by atoms with Crippen LogP contribution in [-0.2, 0) is 0 Å². The Balaban J connectivity index is 2.12. The number of rotatable bonds is 3. The largest absolute Gasteiger partial charge is 0.312 e. The molecule has 2 atom stereocenters. The molecule has 0 saturated carbocycles. The Morgan fingerprint density at radius 1 is 1.47 bits per heavy atom. The topological polar surface area (TPSA) is 12.0 Å². The fourth-order valence-corrected chi connectivity index (χ4v) is 5.15. The highest BCUT2D eigenvalue weighted by molar-refractivity contribution is 9.10. The minimum Gasteiger partial charge on any atom is -0.312 e. The maximum absolute atomic E-state index is 3.64. The Labute approximate surface area is 108 Å². The molecule has 1 aliphatic heterocycles. The van der Waals surface area contributed by atoms with Crippen molar-refractivity contribution >= 4 is 39.0 Å². The highest BCUT2D eigenvalue weighted by atomic mass is 79.9. The van der Waals surface area contributed by atoms with Gasteiger partial charge in [0.2, 0.25) is 0 Å². The molecule has 1 N–H and O–H groups in total. The Morgan fingerprint density at radius 2 is 2.33 bits per heavy atom. The number of nitrogens with one attached hydrogen (secondary N) is 1. The van der Waals surface area contributed by atoms with Gasteiger partial charge in [-0.15, -0.1) is 0 Å². The highest BCUT2D eigenvalue weighted by Crippen LogP contribution is 2.38. The van der Waals surface area contributed by atoms with Gasteiger partial charge in [-0.1, -0.05) is 6.42 Å². The zero-order valence-electron chi connectivity index (χ0n) is 8.83. The highest BCUT2D eigenvalue weighted by Gasteiger charge is 2.25. The maximum atomic E-state index is 3.64. The van der Waals surface area contributed by atoms with Gasteiger partial charge in [-0.3, -0.25) is 0 Å². The van der Waals surface area contributed by atoms with Gasteiger partial charge in [-0.25, -0.2) is 0 Å². The number of thiophene rings is 1. The lowest BCUT2D eigenvalue weighted by Crippen LogP contribution is -2.29. The minimum atomic E-state index is 0.510. The van der Waals surface area contributed by atoms with Gasteiger partial charge < -0.3 is 5.32 Å². The molecule has 0 bridgehead atoms. The second kappa shape index (κ2) is 5.71. The van der Waals surface area contributed by atoms with Gasteiger partial charge in [-0.05, 0) is 52.5 Å². The van der Waals surface area contributed by atoms with Crippen LogP contribution in [0, 0.1) is 0 Å². The normalized spacial score (nSPS) is 24.0. The number of hydrogen-bond acceptors (Lipinski definition) is 3. The van der Waals surface area contributed by atoms with Crippen LogP contribution in [0.3, 0.4) is 0 Å². The summed E-state index contributed by atoms with van der Waals surface area (Å²) in [6.45, 7) is 0. The maximum Gasteiger partial charge on any atom is 0.0457 e. The molecule has 84 valence electrons. The average Bonchev–Trinajstić information content (AvgIpc) is 2.68. The third kappa shape index (κ3) is 2.78. The molecule has 1 nitrogen and oxygen atoms in total. The first-order valence-corrected chi connectivity index (χ1v) is 8.12. The summed E-state index contributed by atoms with van der Waals surface area (Å²) in [6.07, 6.45) is 4.12. The summed E-state index contributed by atoms with van der Waals surface area (Å²) in [7, 11) is 2.07. The molecule has 1 aliphatic rings. The molecule has 0 aliphatic carbocycles. The van der Waals surface area contributed by atoms with Crippen molar-refractivity contribution in [3.63, 3.8) is 0 Å². The Hall–Kier alpha value is 0.490. The Morgan fingerprint density at radius 3 is 2.87 bits per heavy atom. The van der Waals surface area contributed by atoms with E-state index in [2.05, 4.69) is 50.8 Å².